The number of carbonyl (C=O) groups is 1. The largest absolute Gasteiger partial charge is 0.481 e. The van der Waals surface area contributed by atoms with Gasteiger partial charge in [-0.2, -0.15) is 0 Å². The molecule has 0 aromatic rings. The molecule has 2 unspecified atom stereocenters. The summed E-state index contributed by atoms with van der Waals surface area (Å²) in [7, 11) is 2.11. The average Bonchev–Trinajstić information content (AvgIpc) is 2.51. The lowest BCUT2D eigenvalue weighted by Gasteiger charge is -2.13. The van der Waals surface area contributed by atoms with Crippen molar-refractivity contribution in [2.75, 3.05) is 26.7 Å². The van der Waals surface area contributed by atoms with E-state index in [9.17, 15) is 4.79 Å². The molecule has 0 aromatic heterocycles. The molecule has 4 heteroatoms. The molecule has 4 nitrogen and oxygen atoms in total. The Kier molecular flexibility index (Phi) is 4.35. The maximum Gasteiger partial charge on any atom is 0.306 e. The summed E-state index contributed by atoms with van der Waals surface area (Å²) in [5.74, 6) is -0.933. The zero-order chi connectivity index (χ0) is 10.6. The topological polar surface area (TPSA) is 52.6 Å². The standard InChI is InChI=1S/C10H20N2O2/c1-8(10(13)14)3-5-11-9-4-6-12(2)7-9/h8-9,11H,3-7H2,1-2H3,(H,13,14). The first-order chi connectivity index (χ1) is 6.59. The Morgan fingerprint density at radius 3 is 2.93 bits per heavy atom. The summed E-state index contributed by atoms with van der Waals surface area (Å²) in [4.78, 5) is 12.8. The van der Waals surface area contributed by atoms with Gasteiger partial charge in [0.15, 0.2) is 0 Å². The molecular weight excluding hydrogens is 180 g/mol. The van der Waals surface area contributed by atoms with Gasteiger partial charge in [0.1, 0.15) is 0 Å². The number of hydrogen-bond donors (Lipinski definition) is 2. The van der Waals surface area contributed by atoms with Crippen molar-refractivity contribution in [1.82, 2.24) is 10.2 Å². The zero-order valence-corrected chi connectivity index (χ0v) is 8.99. The van der Waals surface area contributed by atoms with Crippen LogP contribution in [0.25, 0.3) is 0 Å². The molecule has 0 bridgehead atoms. The van der Waals surface area contributed by atoms with Gasteiger partial charge >= 0.3 is 5.97 Å². The molecule has 0 aromatic carbocycles. The predicted octanol–water partition coefficient (Wildman–Crippen LogP) is 0.391. The number of carboxylic acid groups (broad SMARTS) is 1. The molecule has 0 spiro atoms. The first-order valence-corrected chi connectivity index (χ1v) is 5.24. The average molecular weight is 200 g/mol. The van der Waals surface area contributed by atoms with Crippen LogP contribution in [-0.4, -0.2) is 48.7 Å². The molecule has 2 N–H and O–H groups in total. The van der Waals surface area contributed by atoms with E-state index in [4.69, 9.17) is 5.11 Å². The van der Waals surface area contributed by atoms with Gasteiger partial charge in [-0.15, -0.1) is 0 Å². The summed E-state index contributed by atoms with van der Waals surface area (Å²) < 4.78 is 0. The minimum atomic E-state index is -0.699. The first-order valence-electron chi connectivity index (χ1n) is 5.24. The van der Waals surface area contributed by atoms with Crippen molar-refractivity contribution >= 4 is 5.97 Å². The van der Waals surface area contributed by atoms with Crippen LogP contribution in [0.15, 0.2) is 0 Å². The second kappa shape index (κ2) is 5.32. The van der Waals surface area contributed by atoms with Crippen LogP contribution in [0.3, 0.4) is 0 Å². The van der Waals surface area contributed by atoms with Crippen LogP contribution in [0.5, 0.6) is 0 Å². The van der Waals surface area contributed by atoms with E-state index in [0.717, 1.165) is 26.1 Å². The molecular formula is C10H20N2O2. The third kappa shape index (κ3) is 3.64. The molecule has 1 saturated heterocycles. The van der Waals surface area contributed by atoms with E-state index in [1.54, 1.807) is 6.92 Å². The van der Waals surface area contributed by atoms with Gasteiger partial charge in [-0.1, -0.05) is 6.92 Å². The summed E-state index contributed by atoms with van der Waals surface area (Å²) in [6.07, 6.45) is 1.90. The van der Waals surface area contributed by atoms with Gasteiger partial charge < -0.3 is 15.3 Å². The smallest absolute Gasteiger partial charge is 0.306 e. The van der Waals surface area contributed by atoms with Gasteiger partial charge in [0.05, 0.1) is 5.92 Å². The quantitative estimate of drug-likeness (QED) is 0.674. The summed E-state index contributed by atoms with van der Waals surface area (Å²) in [6.45, 7) is 4.80. The van der Waals surface area contributed by atoms with Crippen LogP contribution >= 0.6 is 0 Å². The highest BCUT2D eigenvalue weighted by Crippen LogP contribution is 2.07. The summed E-state index contributed by atoms with van der Waals surface area (Å²) in [5, 5.41) is 12.1. The normalized spacial score (nSPS) is 25.1. The van der Waals surface area contributed by atoms with E-state index in [0.29, 0.717) is 6.04 Å². The van der Waals surface area contributed by atoms with Crippen LogP contribution in [0, 0.1) is 5.92 Å². The molecule has 0 radical (unpaired) electrons. The highest BCUT2D eigenvalue weighted by Gasteiger charge is 2.19. The van der Waals surface area contributed by atoms with Crippen LogP contribution < -0.4 is 5.32 Å². The highest BCUT2D eigenvalue weighted by atomic mass is 16.4. The lowest BCUT2D eigenvalue weighted by Crippen LogP contribution is -2.33. The Morgan fingerprint density at radius 2 is 2.43 bits per heavy atom. The van der Waals surface area contributed by atoms with Gasteiger partial charge in [0.25, 0.3) is 0 Å². The van der Waals surface area contributed by atoms with Crippen molar-refractivity contribution in [2.45, 2.75) is 25.8 Å². The van der Waals surface area contributed by atoms with Crippen LogP contribution in [-0.2, 0) is 4.79 Å². The molecule has 1 rings (SSSR count). The fraction of sp³-hybridized carbons (Fsp3) is 0.900. The Morgan fingerprint density at radius 1 is 1.71 bits per heavy atom. The van der Waals surface area contributed by atoms with Crippen LogP contribution in [0.2, 0.25) is 0 Å². The van der Waals surface area contributed by atoms with E-state index < -0.39 is 5.97 Å². The van der Waals surface area contributed by atoms with E-state index in [1.807, 2.05) is 0 Å². The van der Waals surface area contributed by atoms with Crippen molar-refractivity contribution in [3.63, 3.8) is 0 Å². The summed E-state index contributed by atoms with van der Waals surface area (Å²) in [6, 6.07) is 0.556. The summed E-state index contributed by atoms with van der Waals surface area (Å²) >= 11 is 0. The second-order valence-corrected chi connectivity index (χ2v) is 4.23. The van der Waals surface area contributed by atoms with Gasteiger partial charge in [0, 0.05) is 12.6 Å². The summed E-state index contributed by atoms with van der Waals surface area (Å²) in [5.41, 5.74) is 0. The predicted molar refractivity (Wildman–Crippen MR) is 55.3 cm³/mol. The third-order valence-electron chi connectivity index (χ3n) is 2.82. The Balaban J connectivity index is 2.07. The minimum Gasteiger partial charge on any atom is -0.481 e. The number of carboxylic acids is 1. The number of likely N-dealkylation sites (N-methyl/N-ethyl adjacent to an activating group) is 1. The SMILES string of the molecule is CC(CCNC1CCN(C)C1)C(=O)O. The molecule has 0 amide bonds. The van der Waals surface area contributed by atoms with Gasteiger partial charge in [-0.25, -0.2) is 0 Å². The zero-order valence-electron chi connectivity index (χ0n) is 8.99. The maximum absolute atomic E-state index is 10.5. The minimum absolute atomic E-state index is 0.235. The molecule has 0 saturated carbocycles. The number of nitrogens with one attached hydrogen (secondary N) is 1. The number of likely N-dealkylation sites (tertiary alicyclic amines) is 1. The third-order valence-corrected chi connectivity index (χ3v) is 2.82. The molecule has 1 fully saturated rings. The Hall–Kier alpha value is -0.610. The number of hydrogen-bond acceptors (Lipinski definition) is 3. The Bertz CT molecular complexity index is 197. The number of rotatable bonds is 5. The number of aliphatic carboxylic acids is 1. The second-order valence-electron chi connectivity index (χ2n) is 4.23. The van der Waals surface area contributed by atoms with Gasteiger partial charge in [-0.3, -0.25) is 4.79 Å². The molecule has 0 aliphatic carbocycles. The molecule has 1 aliphatic rings. The lowest BCUT2D eigenvalue weighted by atomic mass is 10.1. The van der Waals surface area contributed by atoms with E-state index in [-0.39, 0.29) is 5.92 Å². The van der Waals surface area contributed by atoms with Crippen LogP contribution in [0.4, 0.5) is 0 Å². The van der Waals surface area contributed by atoms with Crippen molar-refractivity contribution in [3.8, 4) is 0 Å². The molecule has 1 heterocycles. The van der Waals surface area contributed by atoms with E-state index in [2.05, 4.69) is 17.3 Å². The lowest BCUT2D eigenvalue weighted by molar-refractivity contribution is -0.141. The van der Waals surface area contributed by atoms with E-state index >= 15 is 0 Å². The van der Waals surface area contributed by atoms with Gasteiger partial charge in [-0.05, 0) is 33.0 Å². The number of nitrogens with zero attached hydrogens (tertiary/aromatic N) is 1. The fourth-order valence-corrected chi connectivity index (χ4v) is 1.73. The molecule has 1 aliphatic heterocycles. The van der Waals surface area contributed by atoms with Crippen molar-refractivity contribution < 1.29 is 9.90 Å². The van der Waals surface area contributed by atoms with Crippen molar-refractivity contribution in [2.24, 2.45) is 5.92 Å². The maximum atomic E-state index is 10.5. The van der Waals surface area contributed by atoms with Crippen LogP contribution in [0.1, 0.15) is 19.8 Å². The molecule has 14 heavy (non-hydrogen) atoms. The molecule has 82 valence electrons. The fourth-order valence-electron chi connectivity index (χ4n) is 1.73. The molecule has 2 atom stereocenters. The van der Waals surface area contributed by atoms with Crippen molar-refractivity contribution in [3.05, 3.63) is 0 Å². The van der Waals surface area contributed by atoms with Gasteiger partial charge in [0.2, 0.25) is 0 Å². The Labute approximate surface area is 85.3 Å². The van der Waals surface area contributed by atoms with Crippen molar-refractivity contribution in [1.29, 1.82) is 0 Å². The monoisotopic (exact) mass is 200 g/mol. The highest BCUT2D eigenvalue weighted by molar-refractivity contribution is 5.69. The van der Waals surface area contributed by atoms with E-state index in [1.165, 1.54) is 6.42 Å². The first kappa shape index (κ1) is 11.5.